The van der Waals surface area contributed by atoms with E-state index in [0.717, 1.165) is 57.9 Å². The van der Waals surface area contributed by atoms with E-state index in [2.05, 4.69) is 90.1 Å². The van der Waals surface area contributed by atoms with Crippen molar-refractivity contribution in [1.82, 2.24) is 15.2 Å². The summed E-state index contributed by atoms with van der Waals surface area (Å²) in [6, 6.07) is 19.4. The molecule has 4 nitrogen and oxygen atoms in total. The van der Waals surface area contributed by atoms with Gasteiger partial charge in [-0.3, -0.25) is 9.69 Å². The third kappa shape index (κ3) is 5.67. The molecule has 4 heteroatoms. The van der Waals surface area contributed by atoms with Crippen molar-refractivity contribution in [3.8, 4) is 0 Å². The van der Waals surface area contributed by atoms with Gasteiger partial charge in [0.15, 0.2) is 0 Å². The number of unbranched alkanes of at least 4 members (excludes halogenated alkanes) is 2. The number of carbonyl (C=O) groups excluding carboxylic acids is 1. The minimum atomic E-state index is 0.110. The molecule has 0 spiro atoms. The summed E-state index contributed by atoms with van der Waals surface area (Å²) >= 11 is 0. The lowest BCUT2D eigenvalue weighted by Crippen LogP contribution is -2.44. The first-order chi connectivity index (χ1) is 16.1. The van der Waals surface area contributed by atoms with Gasteiger partial charge in [-0.15, -0.1) is 0 Å². The van der Waals surface area contributed by atoms with Crippen LogP contribution in [-0.4, -0.2) is 36.4 Å². The van der Waals surface area contributed by atoms with Crippen LogP contribution < -0.4 is 5.32 Å². The molecule has 0 radical (unpaired) electrons. The van der Waals surface area contributed by atoms with Gasteiger partial charge in [-0.25, -0.2) is 0 Å². The summed E-state index contributed by atoms with van der Waals surface area (Å²) in [6.07, 6.45) is 11.7. The van der Waals surface area contributed by atoms with Crippen LogP contribution >= 0.6 is 0 Å². The van der Waals surface area contributed by atoms with Crippen LogP contribution in [0.2, 0.25) is 0 Å². The van der Waals surface area contributed by atoms with Crippen LogP contribution in [0.3, 0.4) is 0 Å². The number of fused-ring (bicyclic) bond motifs is 1. The molecule has 1 aliphatic carbocycles. The van der Waals surface area contributed by atoms with E-state index in [4.69, 9.17) is 0 Å². The largest absolute Gasteiger partial charge is 0.361 e. The second-order valence-electron chi connectivity index (χ2n) is 9.96. The minimum Gasteiger partial charge on any atom is -0.361 e. The van der Waals surface area contributed by atoms with E-state index < -0.39 is 0 Å². The fourth-order valence-corrected chi connectivity index (χ4v) is 5.62. The molecule has 1 aliphatic rings. The summed E-state index contributed by atoms with van der Waals surface area (Å²) in [5, 5.41) is 4.51. The quantitative estimate of drug-likeness (QED) is 0.374. The summed E-state index contributed by atoms with van der Waals surface area (Å²) < 4.78 is 0. The molecule has 1 heterocycles. The molecule has 33 heavy (non-hydrogen) atoms. The number of aryl methyl sites for hydroxylation is 1. The molecule has 0 unspecified atom stereocenters. The van der Waals surface area contributed by atoms with Gasteiger partial charge in [-0.1, -0.05) is 55.0 Å². The predicted molar refractivity (Wildman–Crippen MR) is 137 cm³/mol. The van der Waals surface area contributed by atoms with Crippen LogP contribution in [0.25, 0.3) is 10.9 Å². The van der Waals surface area contributed by atoms with E-state index >= 15 is 0 Å². The average molecular weight is 446 g/mol. The van der Waals surface area contributed by atoms with Gasteiger partial charge in [-0.05, 0) is 82.2 Å². The van der Waals surface area contributed by atoms with Gasteiger partial charge >= 0.3 is 0 Å². The summed E-state index contributed by atoms with van der Waals surface area (Å²) in [5.74, 6) is 0.734. The van der Waals surface area contributed by atoms with Crippen molar-refractivity contribution in [2.24, 2.45) is 5.92 Å². The van der Waals surface area contributed by atoms with Gasteiger partial charge in [0, 0.05) is 35.6 Å². The molecule has 1 fully saturated rings. The Kier molecular flexibility index (Phi) is 7.87. The molecule has 4 rings (SSSR count). The highest BCUT2D eigenvalue weighted by Crippen LogP contribution is 2.43. The number of hydrogen-bond donors (Lipinski definition) is 2. The predicted octanol–water partition coefficient (Wildman–Crippen LogP) is 6.03. The van der Waals surface area contributed by atoms with Crippen LogP contribution in [0.4, 0.5) is 0 Å². The molecule has 0 aliphatic heterocycles. The molecule has 2 aromatic carbocycles. The Balaban J connectivity index is 1.14. The number of benzene rings is 2. The molecule has 1 saturated carbocycles. The summed E-state index contributed by atoms with van der Waals surface area (Å²) in [7, 11) is 4.39. The lowest BCUT2D eigenvalue weighted by atomic mass is 9.71. The topological polar surface area (TPSA) is 48.1 Å². The van der Waals surface area contributed by atoms with Crippen molar-refractivity contribution < 1.29 is 4.79 Å². The molecule has 2 N–H and O–H groups in total. The van der Waals surface area contributed by atoms with E-state index in [1.165, 1.54) is 22.0 Å². The zero-order chi connectivity index (χ0) is 23.1. The second kappa shape index (κ2) is 11.0. The van der Waals surface area contributed by atoms with Gasteiger partial charge in [0.25, 0.3) is 0 Å². The van der Waals surface area contributed by atoms with Gasteiger partial charge < -0.3 is 10.3 Å². The van der Waals surface area contributed by atoms with Gasteiger partial charge in [0.2, 0.25) is 5.91 Å². The maximum absolute atomic E-state index is 12.5. The highest BCUT2D eigenvalue weighted by Gasteiger charge is 2.38. The van der Waals surface area contributed by atoms with E-state index in [0.29, 0.717) is 12.3 Å². The minimum absolute atomic E-state index is 0.110. The van der Waals surface area contributed by atoms with E-state index in [-0.39, 0.29) is 11.4 Å². The van der Waals surface area contributed by atoms with Crippen molar-refractivity contribution in [2.75, 3.05) is 20.6 Å². The SMILES string of the molecule is CN(C)C1(c2ccccc2)CCC(CC(=O)NCCCCCc2c[nH]c3ccccc23)CC1. The first-order valence-electron chi connectivity index (χ1n) is 12.6. The Labute approximate surface area is 198 Å². The van der Waals surface area contributed by atoms with Crippen LogP contribution in [0.15, 0.2) is 60.8 Å². The van der Waals surface area contributed by atoms with Crippen LogP contribution in [0.5, 0.6) is 0 Å². The van der Waals surface area contributed by atoms with Crippen LogP contribution in [0.1, 0.15) is 62.5 Å². The Morgan fingerprint density at radius 1 is 1.00 bits per heavy atom. The zero-order valence-corrected chi connectivity index (χ0v) is 20.3. The molecule has 1 amide bonds. The Bertz CT molecular complexity index is 1020. The number of para-hydroxylation sites is 1. The van der Waals surface area contributed by atoms with Crippen molar-refractivity contribution in [2.45, 2.75) is 63.3 Å². The second-order valence-corrected chi connectivity index (χ2v) is 9.96. The van der Waals surface area contributed by atoms with E-state index in [1.807, 2.05) is 0 Å². The Morgan fingerprint density at radius 2 is 1.73 bits per heavy atom. The third-order valence-corrected chi connectivity index (χ3v) is 7.69. The number of carbonyl (C=O) groups is 1. The zero-order valence-electron chi connectivity index (χ0n) is 20.3. The molecular formula is C29H39N3O. The van der Waals surface area contributed by atoms with Crippen molar-refractivity contribution in [3.05, 3.63) is 71.9 Å². The van der Waals surface area contributed by atoms with Gasteiger partial charge in [0.05, 0.1) is 0 Å². The molecule has 3 aromatic rings. The number of nitrogens with zero attached hydrogens (tertiary/aromatic N) is 1. The normalized spacial score (nSPS) is 20.9. The number of nitrogens with one attached hydrogen (secondary N) is 2. The molecule has 176 valence electrons. The average Bonchev–Trinajstić information content (AvgIpc) is 3.25. The van der Waals surface area contributed by atoms with Crippen LogP contribution in [0, 0.1) is 5.92 Å². The highest BCUT2D eigenvalue weighted by atomic mass is 16.1. The fourth-order valence-electron chi connectivity index (χ4n) is 5.62. The Hall–Kier alpha value is -2.59. The fraction of sp³-hybridized carbons (Fsp3) is 0.483. The number of rotatable bonds is 10. The summed E-state index contributed by atoms with van der Waals surface area (Å²) in [6.45, 7) is 0.797. The number of amides is 1. The number of aromatic nitrogens is 1. The maximum Gasteiger partial charge on any atom is 0.220 e. The van der Waals surface area contributed by atoms with Crippen LogP contribution in [-0.2, 0) is 16.8 Å². The third-order valence-electron chi connectivity index (χ3n) is 7.69. The molecule has 0 atom stereocenters. The number of hydrogen-bond acceptors (Lipinski definition) is 2. The summed E-state index contributed by atoms with van der Waals surface area (Å²) in [5.41, 5.74) is 4.13. The first-order valence-corrected chi connectivity index (χ1v) is 12.6. The molecular weight excluding hydrogens is 406 g/mol. The molecule has 0 bridgehead atoms. The molecule has 1 aromatic heterocycles. The number of H-pyrrole nitrogens is 1. The summed E-state index contributed by atoms with van der Waals surface area (Å²) in [4.78, 5) is 18.3. The first kappa shape index (κ1) is 23.6. The van der Waals surface area contributed by atoms with E-state index in [1.54, 1.807) is 0 Å². The Morgan fingerprint density at radius 3 is 2.48 bits per heavy atom. The standard InChI is InChI=1S/C29H39N3O/c1-32(2)29(25-12-6-3-7-13-25)18-16-23(17-19-29)21-28(33)30-20-10-4-5-11-24-22-31-27-15-9-8-14-26(24)27/h3,6-9,12-15,22-23,31H,4-5,10-11,16-21H2,1-2H3,(H,30,33). The van der Waals surface area contributed by atoms with Crippen molar-refractivity contribution >= 4 is 16.8 Å². The van der Waals surface area contributed by atoms with Crippen molar-refractivity contribution in [3.63, 3.8) is 0 Å². The smallest absolute Gasteiger partial charge is 0.220 e. The number of aromatic amines is 1. The van der Waals surface area contributed by atoms with E-state index in [9.17, 15) is 4.79 Å². The monoisotopic (exact) mass is 445 g/mol. The molecule has 0 saturated heterocycles. The van der Waals surface area contributed by atoms with Crippen molar-refractivity contribution in [1.29, 1.82) is 0 Å². The van der Waals surface area contributed by atoms with Gasteiger partial charge in [-0.2, -0.15) is 0 Å². The lowest BCUT2D eigenvalue weighted by Gasteiger charge is -2.45. The maximum atomic E-state index is 12.5. The lowest BCUT2D eigenvalue weighted by molar-refractivity contribution is -0.122. The van der Waals surface area contributed by atoms with Gasteiger partial charge in [0.1, 0.15) is 0 Å². The highest BCUT2D eigenvalue weighted by molar-refractivity contribution is 5.83.